The summed E-state index contributed by atoms with van der Waals surface area (Å²) in [5, 5.41) is 4.12. The van der Waals surface area contributed by atoms with Gasteiger partial charge in [-0.25, -0.2) is 5.01 Å². The zero-order valence-corrected chi connectivity index (χ0v) is 19.4. The Bertz CT molecular complexity index is 1230. The third-order valence-corrected chi connectivity index (χ3v) is 5.51. The molecule has 1 aliphatic heterocycles. The Morgan fingerprint density at radius 2 is 1.73 bits per heavy atom. The van der Waals surface area contributed by atoms with Gasteiger partial charge in [0, 0.05) is 5.69 Å². The Balaban J connectivity index is 1.48. The Kier molecular flexibility index (Phi) is 6.76. The second-order valence-electron chi connectivity index (χ2n) is 6.99. The predicted octanol–water partition coefficient (Wildman–Crippen LogP) is 4.58. The van der Waals surface area contributed by atoms with Gasteiger partial charge in [-0.15, -0.1) is 0 Å². The number of benzene rings is 3. The van der Waals surface area contributed by atoms with Crippen LogP contribution in [0.2, 0.25) is 5.02 Å². The van der Waals surface area contributed by atoms with Gasteiger partial charge in [-0.1, -0.05) is 48.0 Å². The third kappa shape index (κ3) is 5.24. The minimum atomic E-state index is -0.519. The van der Waals surface area contributed by atoms with E-state index in [0.29, 0.717) is 21.4 Å². The molecule has 0 saturated carbocycles. The molecule has 166 valence electrons. The van der Waals surface area contributed by atoms with Crippen LogP contribution in [-0.4, -0.2) is 24.3 Å². The topological polar surface area (TPSA) is 87.7 Å². The van der Waals surface area contributed by atoms with Crippen LogP contribution < -0.4 is 20.5 Å². The molecule has 1 fully saturated rings. The smallest absolute Gasteiger partial charge is 0.282 e. The summed E-state index contributed by atoms with van der Waals surface area (Å²) in [6.07, 6.45) is 1.45. The van der Waals surface area contributed by atoms with E-state index in [1.807, 2.05) is 24.3 Å². The Morgan fingerprint density at radius 1 is 1.06 bits per heavy atom. The van der Waals surface area contributed by atoms with Crippen molar-refractivity contribution in [3.63, 3.8) is 0 Å². The van der Waals surface area contributed by atoms with Crippen molar-refractivity contribution in [2.24, 2.45) is 0 Å². The van der Waals surface area contributed by atoms with E-state index in [1.165, 1.54) is 11.1 Å². The third-order valence-electron chi connectivity index (χ3n) is 4.64. The molecule has 3 aromatic rings. The molecule has 0 aliphatic carbocycles. The van der Waals surface area contributed by atoms with Crippen LogP contribution in [0.25, 0.3) is 6.08 Å². The molecule has 33 heavy (non-hydrogen) atoms. The average Bonchev–Trinajstić information content (AvgIpc) is 3.08. The van der Waals surface area contributed by atoms with Crippen LogP contribution in [-0.2, 0) is 14.4 Å². The van der Waals surface area contributed by atoms with E-state index in [4.69, 9.17) is 16.3 Å². The summed E-state index contributed by atoms with van der Waals surface area (Å²) in [5.41, 5.74) is 4.24. The van der Waals surface area contributed by atoms with Gasteiger partial charge in [-0.3, -0.25) is 19.8 Å². The number of amides is 3. The summed E-state index contributed by atoms with van der Waals surface area (Å²) in [7, 11) is 0. The summed E-state index contributed by atoms with van der Waals surface area (Å²) < 4.78 is 6.05. The number of ether oxygens (including phenoxy) is 1. The monoisotopic (exact) mass is 525 g/mol. The summed E-state index contributed by atoms with van der Waals surface area (Å²) >= 11 is 9.73. The number of halogens is 2. The highest BCUT2D eigenvalue weighted by Gasteiger charge is 2.34. The highest BCUT2D eigenvalue weighted by molar-refractivity contribution is 9.10. The van der Waals surface area contributed by atoms with Gasteiger partial charge in [-0.05, 0) is 64.0 Å². The number of rotatable bonds is 6. The summed E-state index contributed by atoms with van der Waals surface area (Å²) in [4.78, 5) is 37.3. The molecule has 4 rings (SSSR count). The number of hydrogen-bond donors (Lipinski definition) is 2. The molecule has 0 spiro atoms. The van der Waals surface area contributed by atoms with Crippen LogP contribution in [0.15, 0.2) is 82.8 Å². The fraction of sp³-hybridized carbons (Fsp3) is 0.0417. The van der Waals surface area contributed by atoms with Crippen molar-refractivity contribution in [2.45, 2.75) is 0 Å². The lowest BCUT2D eigenvalue weighted by Gasteiger charge is -2.14. The largest absolute Gasteiger partial charge is 0.481 e. The molecule has 1 saturated heterocycles. The fourth-order valence-corrected chi connectivity index (χ4v) is 4.13. The van der Waals surface area contributed by atoms with Crippen molar-refractivity contribution in [1.82, 2.24) is 5.43 Å². The van der Waals surface area contributed by atoms with E-state index >= 15 is 0 Å². The Labute approximate surface area is 203 Å². The van der Waals surface area contributed by atoms with E-state index in [0.717, 1.165) is 0 Å². The summed E-state index contributed by atoms with van der Waals surface area (Å²) in [5.74, 6) is -1.06. The van der Waals surface area contributed by atoms with Crippen molar-refractivity contribution < 1.29 is 19.1 Å². The van der Waals surface area contributed by atoms with Gasteiger partial charge in [0.15, 0.2) is 12.4 Å². The lowest BCUT2D eigenvalue weighted by Crippen LogP contribution is -2.35. The molecule has 0 radical (unpaired) electrons. The molecule has 1 heterocycles. The number of nitrogens with zero attached hydrogens (tertiary/aromatic N) is 1. The normalized spacial score (nSPS) is 14.4. The molecular weight excluding hydrogens is 510 g/mol. The van der Waals surface area contributed by atoms with Gasteiger partial charge < -0.3 is 10.1 Å². The predicted molar refractivity (Wildman–Crippen MR) is 130 cm³/mol. The van der Waals surface area contributed by atoms with Gasteiger partial charge in [0.2, 0.25) is 0 Å². The van der Waals surface area contributed by atoms with Crippen molar-refractivity contribution in [2.75, 3.05) is 16.9 Å². The first-order valence-corrected chi connectivity index (χ1v) is 11.0. The summed E-state index contributed by atoms with van der Waals surface area (Å²) in [6, 6.07) is 21.0. The van der Waals surface area contributed by atoms with Crippen LogP contribution in [0, 0.1) is 0 Å². The molecule has 0 unspecified atom stereocenters. The Hall–Kier alpha value is -3.62. The molecule has 3 amide bonds. The molecule has 0 aromatic heterocycles. The number of hydrogen-bond acceptors (Lipinski definition) is 4. The van der Waals surface area contributed by atoms with Crippen LogP contribution in [0.4, 0.5) is 11.4 Å². The first kappa shape index (κ1) is 22.6. The first-order chi connectivity index (χ1) is 15.9. The van der Waals surface area contributed by atoms with Crippen molar-refractivity contribution in [1.29, 1.82) is 0 Å². The first-order valence-electron chi connectivity index (χ1n) is 9.81. The number of hydrazine groups is 1. The molecular formula is C24H17BrClN3O4. The van der Waals surface area contributed by atoms with Gasteiger partial charge in [0.25, 0.3) is 17.7 Å². The van der Waals surface area contributed by atoms with Gasteiger partial charge >= 0.3 is 0 Å². The fourth-order valence-electron chi connectivity index (χ4n) is 3.14. The van der Waals surface area contributed by atoms with E-state index in [9.17, 15) is 14.4 Å². The molecule has 1 aliphatic rings. The maximum absolute atomic E-state index is 12.7. The maximum Gasteiger partial charge on any atom is 0.282 e. The quantitative estimate of drug-likeness (QED) is 0.364. The highest BCUT2D eigenvalue weighted by Crippen LogP contribution is 2.35. The molecule has 3 aromatic carbocycles. The van der Waals surface area contributed by atoms with E-state index in [-0.39, 0.29) is 28.9 Å². The van der Waals surface area contributed by atoms with Crippen LogP contribution in [0.5, 0.6) is 5.75 Å². The standard InChI is InChI=1S/C24H17BrClN3O4/c25-19-12-15(11-18-23(31)28-29(24(18)32)17-9-5-2-6-10-17)13-20(26)22(19)33-14-21(30)27-16-7-3-1-4-8-16/h1-13H,14H2,(H,27,30)(H,28,31)/b18-11-. The van der Waals surface area contributed by atoms with Gasteiger partial charge in [-0.2, -0.15) is 0 Å². The van der Waals surface area contributed by atoms with Crippen LogP contribution >= 0.6 is 27.5 Å². The maximum atomic E-state index is 12.7. The zero-order chi connectivity index (χ0) is 23.4. The van der Waals surface area contributed by atoms with Crippen molar-refractivity contribution in [3.05, 3.63) is 93.4 Å². The van der Waals surface area contributed by atoms with Crippen LogP contribution in [0.3, 0.4) is 0 Å². The SMILES string of the molecule is O=C(COc1c(Cl)cc(/C=C2/C(=O)NN(c3ccccc3)C2=O)cc1Br)Nc1ccccc1. The number of carbonyl (C=O) groups excluding carboxylic acids is 3. The number of para-hydroxylation sites is 2. The lowest BCUT2D eigenvalue weighted by atomic mass is 10.1. The second kappa shape index (κ2) is 9.89. The molecule has 7 nitrogen and oxygen atoms in total. The van der Waals surface area contributed by atoms with Crippen LogP contribution in [0.1, 0.15) is 5.56 Å². The van der Waals surface area contributed by atoms with E-state index in [1.54, 1.807) is 48.5 Å². The average molecular weight is 527 g/mol. The number of nitrogens with one attached hydrogen (secondary N) is 2. The minimum Gasteiger partial charge on any atom is -0.481 e. The number of anilines is 2. The number of carbonyl (C=O) groups is 3. The molecule has 0 bridgehead atoms. The lowest BCUT2D eigenvalue weighted by molar-refractivity contribution is -0.118. The zero-order valence-electron chi connectivity index (χ0n) is 17.0. The van der Waals surface area contributed by atoms with Gasteiger partial charge in [0.05, 0.1) is 15.2 Å². The second-order valence-corrected chi connectivity index (χ2v) is 8.25. The molecule has 9 heteroatoms. The van der Waals surface area contributed by atoms with E-state index in [2.05, 4.69) is 26.7 Å². The molecule has 0 atom stereocenters. The summed E-state index contributed by atoms with van der Waals surface area (Å²) in [6.45, 7) is -0.249. The van der Waals surface area contributed by atoms with Gasteiger partial charge in [0.1, 0.15) is 5.57 Å². The van der Waals surface area contributed by atoms with E-state index < -0.39 is 11.8 Å². The minimum absolute atomic E-state index is 0.0299. The van der Waals surface area contributed by atoms with Crippen molar-refractivity contribution >= 4 is 62.7 Å². The highest BCUT2D eigenvalue weighted by atomic mass is 79.9. The van der Waals surface area contributed by atoms with Crippen molar-refractivity contribution in [3.8, 4) is 5.75 Å². The molecule has 2 N–H and O–H groups in total. The Morgan fingerprint density at radius 3 is 2.39 bits per heavy atom.